The number of carbonyl (C=O) groups excluding carboxylic acids is 1. The zero-order chi connectivity index (χ0) is 17.7. The predicted octanol–water partition coefficient (Wildman–Crippen LogP) is 6.03. The van der Waals surface area contributed by atoms with Crippen LogP contribution in [0.5, 0.6) is 0 Å². The highest BCUT2D eigenvalue weighted by atomic mass is 16.1. The molecular formula is C24H17NO. The molecule has 0 saturated carbocycles. The zero-order valence-electron chi connectivity index (χ0n) is 14.4. The third kappa shape index (κ3) is 2.09. The number of aryl methyl sites for hydroxylation is 1. The Morgan fingerprint density at radius 3 is 2.12 bits per heavy atom. The molecule has 5 aromatic rings. The third-order valence-electron chi connectivity index (χ3n) is 5.12. The summed E-state index contributed by atoms with van der Waals surface area (Å²) in [7, 11) is 0. The van der Waals surface area contributed by atoms with Crippen LogP contribution in [0.4, 0.5) is 0 Å². The lowest BCUT2D eigenvalue weighted by Gasteiger charge is -2.11. The van der Waals surface area contributed by atoms with Gasteiger partial charge in [-0.05, 0) is 63.9 Å². The highest BCUT2D eigenvalue weighted by Gasteiger charge is 2.16. The van der Waals surface area contributed by atoms with Crippen LogP contribution in [0.25, 0.3) is 38.2 Å². The second-order valence-electron chi connectivity index (χ2n) is 6.75. The largest absolute Gasteiger partial charge is 0.314 e. The number of hydrogen-bond donors (Lipinski definition) is 0. The van der Waals surface area contributed by atoms with Crippen LogP contribution < -0.4 is 0 Å². The van der Waals surface area contributed by atoms with Gasteiger partial charge in [-0.15, -0.1) is 0 Å². The molecule has 0 aliphatic carbocycles. The van der Waals surface area contributed by atoms with Crippen molar-refractivity contribution in [3.8, 4) is 11.1 Å². The van der Waals surface area contributed by atoms with E-state index >= 15 is 0 Å². The number of aldehydes is 1. The van der Waals surface area contributed by atoms with Gasteiger partial charge in [-0.3, -0.25) is 4.79 Å². The molecule has 0 spiro atoms. The van der Waals surface area contributed by atoms with E-state index in [0.717, 1.165) is 22.9 Å². The van der Waals surface area contributed by atoms with Crippen LogP contribution in [0, 0.1) is 6.92 Å². The Hall–Kier alpha value is -3.39. The molecule has 5 rings (SSSR count). The maximum absolute atomic E-state index is 12.0. The molecule has 0 atom stereocenters. The van der Waals surface area contributed by atoms with Gasteiger partial charge in [0.2, 0.25) is 0 Å². The first kappa shape index (κ1) is 14.9. The van der Waals surface area contributed by atoms with Crippen molar-refractivity contribution in [1.82, 2.24) is 4.40 Å². The minimum Gasteiger partial charge on any atom is -0.314 e. The minimum absolute atomic E-state index is 0.696. The maximum Gasteiger partial charge on any atom is 0.167 e. The topological polar surface area (TPSA) is 21.5 Å². The molecule has 0 aliphatic rings. The molecule has 0 aliphatic heterocycles. The van der Waals surface area contributed by atoms with Crippen molar-refractivity contribution in [1.29, 1.82) is 0 Å². The van der Waals surface area contributed by atoms with E-state index < -0.39 is 0 Å². The molecular weight excluding hydrogens is 318 g/mol. The van der Waals surface area contributed by atoms with Gasteiger partial charge >= 0.3 is 0 Å². The highest BCUT2D eigenvalue weighted by Crippen LogP contribution is 2.38. The van der Waals surface area contributed by atoms with Crippen LogP contribution in [0.2, 0.25) is 0 Å². The van der Waals surface area contributed by atoms with Gasteiger partial charge in [0.25, 0.3) is 0 Å². The molecule has 124 valence electrons. The van der Waals surface area contributed by atoms with Crippen molar-refractivity contribution in [2.75, 3.05) is 0 Å². The Labute approximate surface area is 151 Å². The molecule has 3 aromatic carbocycles. The molecule has 2 aromatic heterocycles. The average Bonchev–Trinajstić information content (AvgIpc) is 3.03. The Bertz CT molecular complexity index is 1260. The van der Waals surface area contributed by atoms with Crippen molar-refractivity contribution in [2.45, 2.75) is 6.92 Å². The number of hydrogen-bond acceptors (Lipinski definition) is 1. The number of carbonyl (C=O) groups is 1. The molecule has 2 heterocycles. The van der Waals surface area contributed by atoms with Crippen LogP contribution in [0.1, 0.15) is 16.1 Å². The molecule has 0 amide bonds. The highest BCUT2D eigenvalue weighted by molar-refractivity contribution is 6.14. The van der Waals surface area contributed by atoms with Crippen LogP contribution in [-0.4, -0.2) is 10.7 Å². The monoisotopic (exact) mass is 335 g/mol. The van der Waals surface area contributed by atoms with E-state index in [1.165, 1.54) is 27.1 Å². The molecule has 0 bridgehead atoms. The van der Waals surface area contributed by atoms with Gasteiger partial charge in [0.05, 0.1) is 5.69 Å². The first-order valence-electron chi connectivity index (χ1n) is 8.74. The van der Waals surface area contributed by atoms with E-state index in [9.17, 15) is 4.79 Å². The SMILES string of the molecule is Cc1ccn2c(C=O)c(-c3c4ccccc4cc4ccccc34)cc2c1. The average molecular weight is 335 g/mol. The van der Waals surface area contributed by atoms with Crippen LogP contribution in [-0.2, 0) is 0 Å². The zero-order valence-corrected chi connectivity index (χ0v) is 14.4. The van der Waals surface area contributed by atoms with E-state index in [0.29, 0.717) is 5.69 Å². The molecule has 2 heteroatoms. The van der Waals surface area contributed by atoms with E-state index in [-0.39, 0.29) is 0 Å². The summed E-state index contributed by atoms with van der Waals surface area (Å²) in [5.41, 5.74) is 5.03. The third-order valence-corrected chi connectivity index (χ3v) is 5.12. The second-order valence-corrected chi connectivity index (χ2v) is 6.75. The Morgan fingerprint density at radius 2 is 1.46 bits per heavy atom. The number of rotatable bonds is 2. The van der Waals surface area contributed by atoms with Crippen LogP contribution in [0.15, 0.2) is 79.0 Å². The summed E-state index contributed by atoms with van der Waals surface area (Å²) >= 11 is 0. The lowest BCUT2D eigenvalue weighted by molar-refractivity contribution is 0.111. The first-order chi connectivity index (χ1) is 12.8. The quantitative estimate of drug-likeness (QED) is 0.285. The summed E-state index contributed by atoms with van der Waals surface area (Å²) in [6.07, 6.45) is 2.94. The van der Waals surface area contributed by atoms with Gasteiger partial charge in [-0.2, -0.15) is 0 Å². The predicted molar refractivity (Wildman–Crippen MR) is 108 cm³/mol. The fraction of sp³-hybridized carbons (Fsp3) is 0.0417. The van der Waals surface area contributed by atoms with Gasteiger partial charge in [0.15, 0.2) is 6.29 Å². The van der Waals surface area contributed by atoms with E-state index in [1.807, 2.05) is 16.7 Å². The second kappa shape index (κ2) is 5.57. The van der Waals surface area contributed by atoms with Crippen molar-refractivity contribution >= 4 is 33.3 Å². The molecule has 0 unspecified atom stereocenters. The fourth-order valence-corrected chi connectivity index (χ4v) is 3.94. The summed E-state index contributed by atoms with van der Waals surface area (Å²) in [6, 6.07) is 25.3. The van der Waals surface area contributed by atoms with Crippen LogP contribution in [0.3, 0.4) is 0 Å². The fourth-order valence-electron chi connectivity index (χ4n) is 3.94. The van der Waals surface area contributed by atoms with Crippen molar-refractivity contribution < 1.29 is 4.79 Å². The summed E-state index contributed by atoms with van der Waals surface area (Å²) in [4.78, 5) is 12.0. The standard InChI is InChI=1S/C24H17NO/c1-16-10-11-25-19(12-16)14-22(23(25)15-26)24-20-8-4-2-6-17(20)13-18-7-3-5-9-21(18)24/h2-15H,1H3. The van der Waals surface area contributed by atoms with Crippen molar-refractivity contribution in [3.63, 3.8) is 0 Å². The van der Waals surface area contributed by atoms with Crippen molar-refractivity contribution in [3.05, 3.63) is 90.3 Å². The summed E-state index contributed by atoms with van der Waals surface area (Å²) in [6.45, 7) is 2.07. The minimum atomic E-state index is 0.696. The lowest BCUT2D eigenvalue weighted by Crippen LogP contribution is -1.93. The van der Waals surface area contributed by atoms with Gasteiger partial charge in [0, 0.05) is 17.3 Å². The molecule has 2 nitrogen and oxygen atoms in total. The molecule has 26 heavy (non-hydrogen) atoms. The Kier molecular flexibility index (Phi) is 3.19. The maximum atomic E-state index is 12.0. The summed E-state index contributed by atoms with van der Waals surface area (Å²) in [5.74, 6) is 0. The van der Waals surface area contributed by atoms with E-state index in [2.05, 4.69) is 73.7 Å². The molecule has 0 radical (unpaired) electrons. The number of fused-ring (bicyclic) bond motifs is 3. The number of benzene rings is 3. The van der Waals surface area contributed by atoms with Crippen molar-refractivity contribution in [2.24, 2.45) is 0 Å². The van der Waals surface area contributed by atoms with Gasteiger partial charge < -0.3 is 4.40 Å². The Balaban J connectivity index is 2.00. The van der Waals surface area contributed by atoms with Gasteiger partial charge in [0.1, 0.15) is 0 Å². The molecule has 0 N–H and O–H groups in total. The summed E-state index contributed by atoms with van der Waals surface area (Å²) in [5, 5.41) is 4.71. The molecule has 0 saturated heterocycles. The van der Waals surface area contributed by atoms with Gasteiger partial charge in [-0.25, -0.2) is 0 Å². The first-order valence-corrected chi connectivity index (χ1v) is 8.74. The Morgan fingerprint density at radius 1 is 0.808 bits per heavy atom. The number of nitrogens with zero attached hydrogens (tertiary/aromatic N) is 1. The van der Waals surface area contributed by atoms with Crippen LogP contribution >= 0.6 is 0 Å². The number of pyridine rings is 1. The smallest absolute Gasteiger partial charge is 0.167 e. The summed E-state index contributed by atoms with van der Waals surface area (Å²) < 4.78 is 1.98. The van der Waals surface area contributed by atoms with E-state index in [1.54, 1.807) is 0 Å². The molecule has 0 fully saturated rings. The normalized spacial score (nSPS) is 11.4. The van der Waals surface area contributed by atoms with Gasteiger partial charge in [-0.1, -0.05) is 48.5 Å². The van der Waals surface area contributed by atoms with E-state index in [4.69, 9.17) is 0 Å². The number of aromatic nitrogens is 1. The lowest BCUT2D eigenvalue weighted by atomic mass is 9.92.